The largest absolute Gasteiger partial charge is 0.383 e. The fourth-order valence-corrected chi connectivity index (χ4v) is 3.81. The third kappa shape index (κ3) is 2.92. The number of nitrogens with two attached hydrogens (primary N) is 1. The van der Waals surface area contributed by atoms with Gasteiger partial charge in [0.25, 0.3) is 0 Å². The molecule has 118 valence electrons. The van der Waals surface area contributed by atoms with Gasteiger partial charge in [0.15, 0.2) is 0 Å². The predicted octanol–water partition coefficient (Wildman–Crippen LogP) is -0.0380. The molecule has 3 aliphatic rings. The molecular weight excluding hydrogens is 270 g/mol. The standard InChI is InChI=1S/C15H25N3O3/c1-21-9-12(16)15(20)17-7-6-13-10(8-17)2-5-14(19)18(13)11-3-4-11/h10-13H,2-9,16H2,1H3. The van der Waals surface area contributed by atoms with Crippen LogP contribution in [-0.4, -0.2) is 66.5 Å². The Morgan fingerprint density at radius 1 is 1.38 bits per heavy atom. The van der Waals surface area contributed by atoms with Gasteiger partial charge in [-0.2, -0.15) is 0 Å². The zero-order valence-electron chi connectivity index (χ0n) is 12.7. The van der Waals surface area contributed by atoms with Crippen molar-refractivity contribution < 1.29 is 14.3 Å². The molecule has 1 aliphatic carbocycles. The van der Waals surface area contributed by atoms with Crippen LogP contribution in [-0.2, 0) is 14.3 Å². The number of ether oxygens (including phenoxy) is 1. The number of rotatable bonds is 4. The average molecular weight is 295 g/mol. The van der Waals surface area contributed by atoms with Crippen molar-refractivity contribution in [2.45, 2.75) is 50.2 Å². The van der Waals surface area contributed by atoms with Crippen LogP contribution in [0.15, 0.2) is 0 Å². The third-order valence-electron chi connectivity index (χ3n) is 4.98. The Hall–Kier alpha value is -1.14. The van der Waals surface area contributed by atoms with Crippen molar-refractivity contribution in [1.82, 2.24) is 9.80 Å². The Morgan fingerprint density at radius 3 is 2.81 bits per heavy atom. The van der Waals surface area contributed by atoms with Gasteiger partial charge < -0.3 is 20.3 Å². The molecule has 2 heterocycles. The van der Waals surface area contributed by atoms with Crippen LogP contribution in [0.25, 0.3) is 0 Å². The Balaban J connectivity index is 1.63. The van der Waals surface area contributed by atoms with E-state index in [1.165, 1.54) is 0 Å². The molecular formula is C15H25N3O3. The van der Waals surface area contributed by atoms with Crippen molar-refractivity contribution in [1.29, 1.82) is 0 Å². The van der Waals surface area contributed by atoms with Crippen molar-refractivity contribution in [2.24, 2.45) is 11.7 Å². The molecule has 0 aromatic rings. The summed E-state index contributed by atoms with van der Waals surface area (Å²) in [6.07, 6.45) is 4.71. The number of piperidine rings is 2. The van der Waals surface area contributed by atoms with Gasteiger partial charge in [-0.1, -0.05) is 0 Å². The normalized spacial score (nSPS) is 31.0. The van der Waals surface area contributed by atoms with Crippen LogP contribution in [0.3, 0.4) is 0 Å². The first kappa shape index (κ1) is 14.8. The first-order valence-corrected chi connectivity index (χ1v) is 7.96. The first-order valence-electron chi connectivity index (χ1n) is 7.96. The summed E-state index contributed by atoms with van der Waals surface area (Å²) in [7, 11) is 1.56. The summed E-state index contributed by atoms with van der Waals surface area (Å²) < 4.78 is 4.97. The molecule has 21 heavy (non-hydrogen) atoms. The predicted molar refractivity (Wildman–Crippen MR) is 77.4 cm³/mol. The molecule has 0 aromatic heterocycles. The molecule has 0 aromatic carbocycles. The zero-order chi connectivity index (χ0) is 15.0. The molecule has 6 heteroatoms. The van der Waals surface area contributed by atoms with Crippen molar-refractivity contribution in [3.05, 3.63) is 0 Å². The van der Waals surface area contributed by atoms with E-state index in [1.54, 1.807) is 7.11 Å². The van der Waals surface area contributed by atoms with E-state index in [2.05, 4.69) is 4.90 Å². The molecule has 3 rings (SSSR count). The van der Waals surface area contributed by atoms with E-state index in [0.29, 0.717) is 36.9 Å². The Bertz CT molecular complexity index is 424. The highest BCUT2D eigenvalue weighted by Gasteiger charge is 2.46. The van der Waals surface area contributed by atoms with Crippen LogP contribution in [0.5, 0.6) is 0 Å². The number of amides is 2. The van der Waals surface area contributed by atoms with E-state index in [-0.39, 0.29) is 12.5 Å². The van der Waals surface area contributed by atoms with Gasteiger partial charge in [-0.15, -0.1) is 0 Å². The molecule has 0 spiro atoms. The lowest BCUT2D eigenvalue weighted by Gasteiger charge is -2.47. The average Bonchev–Trinajstić information content (AvgIpc) is 3.30. The molecule has 2 amide bonds. The van der Waals surface area contributed by atoms with E-state index in [9.17, 15) is 9.59 Å². The van der Waals surface area contributed by atoms with Crippen LogP contribution in [0.1, 0.15) is 32.1 Å². The third-order valence-corrected chi connectivity index (χ3v) is 4.98. The van der Waals surface area contributed by atoms with Crippen LogP contribution >= 0.6 is 0 Å². The molecule has 1 saturated carbocycles. The summed E-state index contributed by atoms with van der Waals surface area (Å²) in [5.74, 6) is 0.704. The molecule has 3 fully saturated rings. The maximum Gasteiger partial charge on any atom is 0.241 e. The van der Waals surface area contributed by atoms with Gasteiger partial charge >= 0.3 is 0 Å². The highest BCUT2D eigenvalue weighted by molar-refractivity contribution is 5.82. The first-order chi connectivity index (χ1) is 10.1. The maximum absolute atomic E-state index is 12.3. The maximum atomic E-state index is 12.3. The number of nitrogens with zero attached hydrogens (tertiary/aromatic N) is 2. The second kappa shape index (κ2) is 5.93. The van der Waals surface area contributed by atoms with Gasteiger partial charge in [-0.25, -0.2) is 0 Å². The summed E-state index contributed by atoms with van der Waals surface area (Å²) in [6, 6.07) is 0.237. The van der Waals surface area contributed by atoms with Crippen molar-refractivity contribution in [2.75, 3.05) is 26.8 Å². The minimum absolute atomic E-state index is 0.0230. The molecule has 2 N–H and O–H groups in total. The highest BCUT2D eigenvalue weighted by Crippen LogP contribution is 2.38. The fourth-order valence-electron chi connectivity index (χ4n) is 3.81. The number of hydrogen-bond acceptors (Lipinski definition) is 4. The van der Waals surface area contributed by atoms with Gasteiger partial charge in [0.2, 0.25) is 11.8 Å². The molecule has 0 radical (unpaired) electrons. The zero-order valence-corrected chi connectivity index (χ0v) is 12.7. The summed E-state index contributed by atoms with van der Waals surface area (Å²) in [6.45, 7) is 1.70. The molecule has 3 unspecified atom stereocenters. The minimum Gasteiger partial charge on any atom is -0.383 e. The second-order valence-electron chi connectivity index (χ2n) is 6.53. The summed E-state index contributed by atoms with van der Waals surface area (Å²) >= 11 is 0. The summed E-state index contributed by atoms with van der Waals surface area (Å²) in [4.78, 5) is 28.4. The topological polar surface area (TPSA) is 75.9 Å². The summed E-state index contributed by atoms with van der Waals surface area (Å²) in [5.41, 5.74) is 5.85. The smallest absolute Gasteiger partial charge is 0.241 e. The van der Waals surface area contributed by atoms with Gasteiger partial charge in [0, 0.05) is 38.7 Å². The Morgan fingerprint density at radius 2 is 2.14 bits per heavy atom. The highest BCUT2D eigenvalue weighted by atomic mass is 16.5. The second-order valence-corrected chi connectivity index (χ2v) is 6.53. The number of carbonyl (C=O) groups excluding carboxylic acids is 2. The Labute approximate surface area is 125 Å². The number of methoxy groups -OCH3 is 1. The molecule has 2 aliphatic heterocycles. The van der Waals surface area contributed by atoms with E-state index < -0.39 is 6.04 Å². The van der Waals surface area contributed by atoms with E-state index in [4.69, 9.17) is 10.5 Å². The molecule has 0 bridgehead atoms. The quantitative estimate of drug-likeness (QED) is 0.790. The van der Waals surface area contributed by atoms with Crippen molar-refractivity contribution in [3.8, 4) is 0 Å². The fraction of sp³-hybridized carbons (Fsp3) is 0.867. The molecule has 3 atom stereocenters. The lowest BCUT2D eigenvalue weighted by Crippen LogP contribution is -2.59. The van der Waals surface area contributed by atoms with Crippen molar-refractivity contribution >= 4 is 11.8 Å². The van der Waals surface area contributed by atoms with E-state index in [0.717, 1.165) is 32.2 Å². The van der Waals surface area contributed by atoms with Crippen LogP contribution < -0.4 is 5.73 Å². The lowest BCUT2D eigenvalue weighted by molar-refractivity contribution is -0.145. The number of hydrogen-bond donors (Lipinski definition) is 1. The minimum atomic E-state index is -0.573. The van der Waals surface area contributed by atoms with Gasteiger partial charge in [0.05, 0.1) is 6.61 Å². The van der Waals surface area contributed by atoms with Crippen LogP contribution in [0, 0.1) is 5.92 Å². The molecule has 6 nitrogen and oxygen atoms in total. The Kier molecular flexibility index (Phi) is 4.17. The SMILES string of the molecule is COCC(N)C(=O)N1CCC2C(CCC(=O)N2C2CC2)C1. The van der Waals surface area contributed by atoms with Gasteiger partial charge in [-0.05, 0) is 31.6 Å². The van der Waals surface area contributed by atoms with Crippen LogP contribution in [0.4, 0.5) is 0 Å². The molecule has 2 saturated heterocycles. The van der Waals surface area contributed by atoms with Gasteiger partial charge in [0.1, 0.15) is 6.04 Å². The summed E-state index contributed by atoms with van der Waals surface area (Å²) in [5, 5.41) is 0. The lowest BCUT2D eigenvalue weighted by atomic mass is 9.83. The van der Waals surface area contributed by atoms with Crippen molar-refractivity contribution in [3.63, 3.8) is 0 Å². The number of likely N-dealkylation sites (tertiary alicyclic amines) is 2. The van der Waals surface area contributed by atoms with Gasteiger partial charge in [-0.3, -0.25) is 9.59 Å². The number of carbonyl (C=O) groups is 2. The van der Waals surface area contributed by atoms with E-state index in [1.807, 2.05) is 4.90 Å². The monoisotopic (exact) mass is 295 g/mol. The van der Waals surface area contributed by atoms with Crippen LogP contribution in [0.2, 0.25) is 0 Å². The number of fused-ring (bicyclic) bond motifs is 1. The van der Waals surface area contributed by atoms with E-state index >= 15 is 0 Å².